The quantitative estimate of drug-likeness (QED) is 0.685. The minimum Gasteiger partial charge on any atom is -0.314 e. The van der Waals surface area contributed by atoms with Gasteiger partial charge in [-0.05, 0) is 51.4 Å². The number of nitrogens with zero attached hydrogens (tertiary/aromatic N) is 1. The second kappa shape index (κ2) is 7.66. The maximum atomic E-state index is 3.65. The molecule has 0 amide bonds. The molecule has 1 aliphatic carbocycles. The topological polar surface area (TPSA) is 15.3 Å². The van der Waals surface area contributed by atoms with Crippen molar-refractivity contribution in [2.45, 2.75) is 45.2 Å². The zero-order valence-electron chi connectivity index (χ0n) is 12.4. The smallest absolute Gasteiger partial charge is 0.0230 e. The van der Waals surface area contributed by atoms with E-state index in [4.69, 9.17) is 0 Å². The fourth-order valence-electron chi connectivity index (χ4n) is 2.61. The molecule has 2 nitrogen and oxygen atoms in total. The van der Waals surface area contributed by atoms with Crippen LogP contribution in [0.1, 0.15) is 38.2 Å². The van der Waals surface area contributed by atoms with Gasteiger partial charge >= 0.3 is 0 Å². The van der Waals surface area contributed by atoms with Crippen molar-refractivity contribution >= 4 is 0 Å². The lowest BCUT2D eigenvalue weighted by Gasteiger charge is -2.18. The van der Waals surface area contributed by atoms with Crippen molar-refractivity contribution in [1.82, 2.24) is 10.2 Å². The summed E-state index contributed by atoms with van der Waals surface area (Å²) in [6, 6.07) is 11.4. The van der Waals surface area contributed by atoms with Crippen LogP contribution >= 0.6 is 0 Å². The van der Waals surface area contributed by atoms with Crippen LogP contribution in [0.3, 0.4) is 0 Å². The molecule has 1 aliphatic rings. The standard InChI is InChI=1S/C17H28N2/c1-15(13-16-9-10-16)18-11-6-12-19(2)14-17-7-4-3-5-8-17/h3-5,7-8,15-16,18H,6,9-14H2,1-2H3. The Labute approximate surface area is 118 Å². The van der Waals surface area contributed by atoms with Crippen LogP contribution in [-0.4, -0.2) is 31.1 Å². The Bertz CT molecular complexity index is 346. The molecule has 0 spiro atoms. The summed E-state index contributed by atoms with van der Waals surface area (Å²) >= 11 is 0. The molecule has 1 aromatic carbocycles. The minimum atomic E-state index is 0.701. The largest absolute Gasteiger partial charge is 0.314 e. The van der Waals surface area contributed by atoms with E-state index in [1.807, 2.05) is 0 Å². The maximum absolute atomic E-state index is 3.65. The number of hydrogen-bond donors (Lipinski definition) is 1. The molecule has 1 N–H and O–H groups in total. The third kappa shape index (κ3) is 6.22. The first-order valence-electron chi connectivity index (χ1n) is 7.70. The Morgan fingerprint density at radius 3 is 2.68 bits per heavy atom. The van der Waals surface area contributed by atoms with Gasteiger partial charge in [0, 0.05) is 12.6 Å². The van der Waals surface area contributed by atoms with Crippen LogP contribution < -0.4 is 5.32 Å². The lowest BCUT2D eigenvalue weighted by molar-refractivity contribution is 0.316. The third-order valence-electron chi connectivity index (χ3n) is 3.89. The van der Waals surface area contributed by atoms with Gasteiger partial charge in [0.15, 0.2) is 0 Å². The summed E-state index contributed by atoms with van der Waals surface area (Å²) in [6.07, 6.45) is 5.54. The Hall–Kier alpha value is -0.860. The van der Waals surface area contributed by atoms with E-state index < -0.39 is 0 Å². The van der Waals surface area contributed by atoms with E-state index in [1.54, 1.807) is 0 Å². The van der Waals surface area contributed by atoms with Gasteiger partial charge < -0.3 is 10.2 Å². The molecule has 0 aromatic heterocycles. The molecule has 2 rings (SSSR count). The molecule has 0 aliphatic heterocycles. The van der Waals surface area contributed by atoms with Crippen molar-refractivity contribution < 1.29 is 0 Å². The lowest BCUT2D eigenvalue weighted by Crippen LogP contribution is -2.30. The Kier molecular flexibility index (Phi) is 5.87. The van der Waals surface area contributed by atoms with Crippen LogP contribution in [0.4, 0.5) is 0 Å². The third-order valence-corrected chi connectivity index (χ3v) is 3.89. The number of benzene rings is 1. The molecule has 1 atom stereocenters. The van der Waals surface area contributed by atoms with E-state index in [0.717, 1.165) is 25.6 Å². The van der Waals surface area contributed by atoms with Crippen LogP contribution in [0.5, 0.6) is 0 Å². The molecule has 1 saturated carbocycles. The summed E-state index contributed by atoms with van der Waals surface area (Å²) in [4.78, 5) is 2.41. The molecule has 0 heterocycles. The highest BCUT2D eigenvalue weighted by molar-refractivity contribution is 5.14. The molecule has 1 unspecified atom stereocenters. The van der Waals surface area contributed by atoms with Gasteiger partial charge in [-0.2, -0.15) is 0 Å². The van der Waals surface area contributed by atoms with Gasteiger partial charge in [-0.15, -0.1) is 0 Å². The maximum Gasteiger partial charge on any atom is 0.0230 e. The van der Waals surface area contributed by atoms with Crippen molar-refractivity contribution in [3.63, 3.8) is 0 Å². The molecular formula is C17H28N2. The second-order valence-electron chi connectivity index (χ2n) is 6.11. The first kappa shape index (κ1) is 14.5. The highest BCUT2D eigenvalue weighted by Crippen LogP contribution is 2.33. The normalized spacial score (nSPS) is 16.8. The highest BCUT2D eigenvalue weighted by atomic mass is 15.1. The predicted octanol–water partition coefficient (Wildman–Crippen LogP) is 3.29. The Morgan fingerprint density at radius 1 is 1.26 bits per heavy atom. The summed E-state index contributed by atoms with van der Waals surface area (Å²) in [6.45, 7) is 5.69. The molecule has 0 saturated heterocycles. The molecule has 19 heavy (non-hydrogen) atoms. The Morgan fingerprint density at radius 2 is 2.00 bits per heavy atom. The van der Waals surface area contributed by atoms with E-state index in [0.29, 0.717) is 6.04 Å². The van der Waals surface area contributed by atoms with Gasteiger partial charge in [0.2, 0.25) is 0 Å². The minimum absolute atomic E-state index is 0.701. The fourth-order valence-corrected chi connectivity index (χ4v) is 2.61. The predicted molar refractivity (Wildman–Crippen MR) is 82.2 cm³/mol. The van der Waals surface area contributed by atoms with Gasteiger partial charge in [0.25, 0.3) is 0 Å². The van der Waals surface area contributed by atoms with Crippen LogP contribution in [0.2, 0.25) is 0 Å². The summed E-state index contributed by atoms with van der Waals surface area (Å²) in [5, 5.41) is 3.65. The molecular weight excluding hydrogens is 232 g/mol. The van der Waals surface area contributed by atoms with Crippen LogP contribution in [0.15, 0.2) is 30.3 Å². The van der Waals surface area contributed by atoms with E-state index in [2.05, 4.69) is 54.5 Å². The average Bonchev–Trinajstić information content (AvgIpc) is 3.20. The summed E-state index contributed by atoms with van der Waals surface area (Å²) in [7, 11) is 2.21. The fraction of sp³-hybridized carbons (Fsp3) is 0.647. The van der Waals surface area contributed by atoms with Crippen molar-refractivity contribution in [3.8, 4) is 0 Å². The van der Waals surface area contributed by atoms with Gasteiger partial charge in [0.05, 0.1) is 0 Å². The van der Waals surface area contributed by atoms with Crippen LogP contribution in [-0.2, 0) is 6.54 Å². The van der Waals surface area contributed by atoms with Crippen LogP contribution in [0.25, 0.3) is 0 Å². The first-order chi connectivity index (χ1) is 9.24. The lowest BCUT2D eigenvalue weighted by atomic mass is 10.1. The van der Waals surface area contributed by atoms with Gasteiger partial charge in [-0.1, -0.05) is 43.2 Å². The Balaban J connectivity index is 1.52. The summed E-state index contributed by atoms with van der Waals surface area (Å²) in [5.74, 6) is 1.03. The van der Waals surface area contributed by atoms with Gasteiger partial charge in [-0.25, -0.2) is 0 Å². The molecule has 106 valence electrons. The number of nitrogens with one attached hydrogen (secondary N) is 1. The number of rotatable bonds is 9. The van der Waals surface area contributed by atoms with Crippen molar-refractivity contribution in [2.24, 2.45) is 5.92 Å². The first-order valence-corrected chi connectivity index (χ1v) is 7.70. The monoisotopic (exact) mass is 260 g/mol. The van der Waals surface area contributed by atoms with Crippen LogP contribution in [0, 0.1) is 5.92 Å². The molecule has 1 aromatic rings. The zero-order valence-corrected chi connectivity index (χ0v) is 12.4. The second-order valence-corrected chi connectivity index (χ2v) is 6.11. The summed E-state index contributed by atoms with van der Waals surface area (Å²) < 4.78 is 0. The molecule has 0 bridgehead atoms. The highest BCUT2D eigenvalue weighted by Gasteiger charge is 2.22. The van der Waals surface area contributed by atoms with E-state index in [-0.39, 0.29) is 0 Å². The van der Waals surface area contributed by atoms with Crippen molar-refractivity contribution in [3.05, 3.63) is 35.9 Å². The van der Waals surface area contributed by atoms with Gasteiger partial charge in [0.1, 0.15) is 0 Å². The number of hydrogen-bond acceptors (Lipinski definition) is 2. The van der Waals surface area contributed by atoms with Gasteiger partial charge in [-0.3, -0.25) is 0 Å². The molecule has 2 heteroatoms. The van der Waals surface area contributed by atoms with E-state index in [9.17, 15) is 0 Å². The molecule has 1 fully saturated rings. The zero-order chi connectivity index (χ0) is 13.5. The van der Waals surface area contributed by atoms with E-state index >= 15 is 0 Å². The molecule has 0 radical (unpaired) electrons. The average molecular weight is 260 g/mol. The van der Waals surface area contributed by atoms with E-state index in [1.165, 1.54) is 31.2 Å². The summed E-state index contributed by atoms with van der Waals surface area (Å²) in [5.41, 5.74) is 1.40. The van der Waals surface area contributed by atoms with Crippen molar-refractivity contribution in [2.75, 3.05) is 20.1 Å². The van der Waals surface area contributed by atoms with Crippen molar-refractivity contribution in [1.29, 1.82) is 0 Å². The SMILES string of the molecule is CC(CC1CC1)NCCCN(C)Cc1ccccc1.